The molecular formula is C10H13N5O. The minimum Gasteiger partial charge on any atom is -0.336 e. The number of nitrogens with one attached hydrogen (secondary N) is 1. The maximum absolute atomic E-state index is 12.0. The molecule has 0 fully saturated rings. The first-order chi connectivity index (χ1) is 7.68. The summed E-state index contributed by atoms with van der Waals surface area (Å²) in [6, 6.07) is 1.70. The van der Waals surface area contributed by atoms with Gasteiger partial charge in [0.05, 0.1) is 6.20 Å². The van der Waals surface area contributed by atoms with Crippen LogP contribution in [0.2, 0.25) is 0 Å². The molecule has 2 heterocycles. The Morgan fingerprint density at radius 1 is 1.62 bits per heavy atom. The van der Waals surface area contributed by atoms with Crippen LogP contribution < -0.4 is 0 Å². The number of hydrogen-bond acceptors (Lipinski definition) is 3. The Bertz CT molecular complexity index is 473. The van der Waals surface area contributed by atoms with Crippen molar-refractivity contribution in [1.29, 1.82) is 0 Å². The quantitative estimate of drug-likeness (QED) is 0.813. The van der Waals surface area contributed by atoms with Gasteiger partial charge < -0.3 is 4.90 Å². The lowest BCUT2D eigenvalue weighted by Gasteiger charge is -2.15. The van der Waals surface area contributed by atoms with Crippen LogP contribution in [0, 0.1) is 0 Å². The first kappa shape index (κ1) is 10.4. The van der Waals surface area contributed by atoms with Crippen molar-refractivity contribution in [2.45, 2.75) is 6.54 Å². The fourth-order valence-corrected chi connectivity index (χ4v) is 1.49. The zero-order chi connectivity index (χ0) is 11.5. The molecule has 0 aromatic carbocycles. The van der Waals surface area contributed by atoms with Crippen molar-refractivity contribution in [2.75, 3.05) is 7.05 Å². The predicted molar refractivity (Wildman–Crippen MR) is 57.6 cm³/mol. The molecule has 2 aromatic heterocycles. The van der Waals surface area contributed by atoms with Crippen molar-refractivity contribution in [3.63, 3.8) is 0 Å². The van der Waals surface area contributed by atoms with E-state index in [1.165, 1.54) is 0 Å². The van der Waals surface area contributed by atoms with Gasteiger partial charge in [-0.25, -0.2) is 0 Å². The van der Waals surface area contributed by atoms with Gasteiger partial charge in [0.1, 0.15) is 5.69 Å². The molecule has 6 heteroatoms. The molecule has 0 spiro atoms. The van der Waals surface area contributed by atoms with Gasteiger partial charge in [0.15, 0.2) is 0 Å². The first-order valence-corrected chi connectivity index (χ1v) is 4.89. The number of carbonyl (C=O) groups excluding carboxylic acids is 1. The molecule has 1 N–H and O–H groups in total. The van der Waals surface area contributed by atoms with Gasteiger partial charge in [-0.1, -0.05) is 0 Å². The topological polar surface area (TPSA) is 66.8 Å². The Kier molecular flexibility index (Phi) is 2.72. The molecular weight excluding hydrogens is 206 g/mol. The number of aryl methyl sites for hydroxylation is 1. The van der Waals surface area contributed by atoms with Crippen LogP contribution in [0.5, 0.6) is 0 Å². The average Bonchev–Trinajstić information content (AvgIpc) is 2.88. The van der Waals surface area contributed by atoms with Crippen molar-refractivity contribution in [3.8, 4) is 0 Å². The second kappa shape index (κ2) is 4.18. The first-order valence-electron chi connectivity index (χ1n) is 4.89. The number of amides is 1. The lowest BCUT2D eigenvalue weighted by atomic mass is 10.3. The van der Waals surface area contributed by atoms with E-state index >= 15 is 0 Å². The van der Waals surface area contributed by atoms with E-state index in [-0.39, 0.29) is 5.91 Å². The number of rotatable bonds is 3. The van der Waals surface area contributed by atoms with Crippen LogP contribution in [0.1, 0.15) is 16.1 Å². The monoisotopic (exact) mass is 219 g/mol. The van der Waals surface area contributed by atoms with Crippen LogP contribution in [0.25, 0.3) is 0 Å². The summed E-state index contributed by atoms with van der Waals surface area (Å²) in [5, 5.41) is 10.5. The van der Waals surface area contributed by atoms with E-state index < -0.39 is 0 Å². The van der Waals surface area contributed by atoms with Gasteiger partial charge in [-0.15, -0.1) is 0 Å². The normalized spacial score (nSPS) is 10.4. The van der Waals surface area contributed by atoms with Gasteiger partial charge in [0, 0.05) is 38.6 Å². The molecule has 0 saturated carbocycles. The van der Waals surface area contributed by atoms with E-state index in [1.54, 1.807) is 48.3 Å². The maximum atomic E-state index is 12.0. The molecule has 1 amide bonds. The fourth-order valence-electron chi connectivity index (χ4n) is 1.49. The molecule has 2 rings (SSSR count). The summed E-state index contributed by atoms with van der Waals surface area (Å²) in [5.41, 5.74) is 1.55. The van der Waals surface area contributed by atoms with Crippen molar-refractivity contribution in [3.05, 3.63) is 35.9 Å². The Balaban J connectivity index is 2.08. The van der Waals surface area contributed by atoms with E-state index in [0.29, 0.717) is 12.2 Å². The maximum Gasteiger partial charge on any atom is 0.272 e. The molecule has 0 aliphatic carbocycles. The van der Waals surface area contributed by atoms with E-state index in [9.17, 15) is 4.79 Å². The van der Waals surface area contributed by atoms with Gasteiger partial charge in [-0.05, 0) is 6.07 Å². The smallest absolute Gasteiger partial charge is 0.272 e. The molecule has 6 nitrogen and oxygen atoms in total. The van der Waals surface area contributed by atoms with Crippen LogP contribution in [0.15, 0.2) is 24.7 Å². The van der Waals surface area contributed by atoms with Crippen molar-refractivity contribution in [1.82, 2.24) is 24.9 Å². The summed E-state index contributed by atoms with van der Waals surface area (Å²) in [6.45, 7) is 0.528. The molecule has 0 radical (unpaired) electrons. The highest BCUT2D eigenvalue weighted by Gasteiger charge is 2.15. The molecule has 0 unspecified atom stereocenters. The number of aromatic nitrogens is 4. The Morgan fingerprint density at radius 2 is 2.44 bits per heavy atom. The Hall–Kier alpha value is -2.11. The van der Waals surface area contributed by atoms with Gasteiger partial charge in [-0.3, -0.25) is 14.6 Å². The zero-order valence-electron chi connectivity index (χ0n) is 9.21. The Labute approximate surface area is 92.9 Å². The summed E-state index contributed by atoms with van der Waals surface area (Å²) in [7, 11) is 3.50. The molecule has 16 heavy (non-hydrogen) atoms. The third kappa shape index (κ3) is 1.95. The van der Waals surface area contributed by atoms with E-state index in [2.05, 4.69) is 15.3 Å². The molecule has 2 aromatic rings. The number of nitrogens with zero attached hydrogens (tertiary/aromatic N) is 4. The van der Waals surface area contributed by atoms with E-state index in [4.69, 9.17) is 0 Å². The average molecular weight is 219 g/mol. The largest absolute Gasteiger partial charge is 0.336 e. The Morgan fingerprint density at radius 3 is 3.00 bits per heavy atom. The third-order valence-electron chi connectivity index (χ3n) is 2.36. The van der Waals surface area contributed by atoms with Crippen molar-refractivity contribution < 1.29 is 4.79 Å². The van der Waals surface area contributed by atoms with Gasteiger partial charge in [0.25, 0.3) is 5.91 Å². The minimum absolute atomic E-state index is 0.0544. The second-order valence-electron chi connectivity index (χ2n) is 3.61. The third-order valence-corrected chi connectivity index (χ3v) is 2.36. The number of H-pyrrole nitrogens is 1. The number of hydrogen-bond donors (Lipinski definition) is 1. The number of carbonyl (C=O) groups is 1. The van der Waals surface area contributed by atoms with Crippen LogP contribution in [-0.4, -0.2) is 37.8 Å². The van der Waals surface area contributed by atoms with Crippen LogP contribution in [-0.2, 0) is 13.6 Å². The summed E-state index contributed by atoms with van der Waals surface area (Å²) in [6.07, 6.45) is 5.08. The zero-order valence-corrected chi connectivity index (χ0v) is 9.21. The van der Waals surface area contributed by atoms with Crippen molar-refractivity contribution >= 4 is 5.91 Å². The highest BCUT2D eigenvalue weighted by Crippen LogP contribution is 2.05. The van der Waals surface area contributed by atoms with Crippen LogP contribution in [0.4, 0.5) is 0 Å². The van der Waals surface area contributed by atoms with Gasteiger partial charge >= 0.3 is 0 Å². The molecule has 0 atom stereocenters. The van der Waals surface area contributed by atoms with Gasteiger partial charge in [-0.2, -0.15) is 10.2 Å². The molecule has 84 valence electrons. The molecule has 0 bridgehead atoms. The summed E-state index contributed by atoms with van der Waals surface area (Å²) in [5.74, 6) is -0.0544. The summed E-state index contributed by atoms with van der Waals surface area (Å²) in [4.78, 5) is 13.6. The standard InChI is InChI=1S/C10H13N5O/c1-14(7-8-5-11-12-6-8)10(16)9-3-4-13-15(9)2/h3-6H,7H2,1-2H3,(H,11,12). The molecule has 0 aliphatic rings. The molecule has 0 saturated heterocycles. The molecule has 0 aliphatic heterocycles. The highest BCUT2D eigenvalue weighted by molar-refractivity contribution is 5.92. The van der Waals surface area contributed by atoms with Crippen molar-refractivity contribution in [2.24, 2.45) is 7.05 Å². The SMILES string of the molecule is CN(Cc1cn[nH]c1)C(=O)c1ccnn1C. The van der Waals surface area contributed by atoms with Crippen LogP contribution in [0.3, 0.4) is 0 Å². The summed E-state index contributed by atoms with van der Waals surface area (Å²) >= 11 is 0. The lowest BCUT2D eigenvalue weighted by Crippen LogP contribution is -2.27. The minimum atomic E-state index is -0.0544. The number of aromatic amines is 1. The van der Waals surface area contributed by atoms with E-state index in [0.717, 1.165) is 5.56 Å². The highest BCUT2D eigenvalue weighted by atomic mass is 16.2. The van der Waals surface area contributed by atoms with Gasteiger partial charge in [0.2, 0.25) is 0 Å². The lowest BCUT2D eigenvalue weighted by molar-refractivity contribution is 0.0774. The fraction of sp³-hybridized carbons (Fsp3) is 0.300. The predicted octanol–water partition coefficient (Wildman–Crippen LogP) is 0.415. The van der Waals surface area contributed by atoms with Crippen LogP contribution >= 0.6 is 0 Å². The second-order valence-corrected chi connectivity index (χ2v) is 3.61. The summed E-state index contributed by atoms with van der Waals surface area (Å²) < 4.78 is 1.56. The van der Waals surface area contributed by atoms with E-state index in [1.807, 2.05) is 0 Å².